The van der Waals surface area contributed by atoms with Gasteiger partial charge in [-0.05, 0) is 49.4 Å². The number of carbonyl (C=O) groups is 1. The standard InChI is InChI=1S/C19H24N2O4S2/c1-13(17-8-5-11-26-17)20-19(22)14-9-10-16(25-2)18(12-14)27(23,24)21-15-6-3-4-7-15/h5,8-13,15,21H,3-4,6-7H2,1-2H3,(H,20,22). The Balaban J connectivity index is 1.83. The molecule has 1 aromatic heterocycles. The van der Waals surface area contributed by atoms with E-state index in [2.05, 4.69) is 10.0 Å². The normalized spacial score (nSPS) is 16.2. The molecular formula is C19H24N2O4S2. The van der Waals surface area contributed by atoms with Gasteiger partial charge in [0.2, 0.25) is 10.0 Å². The maximum absolute atomic E-state index is 12.8. The summed E-state index contributed by atoms with van der Waals surface area (Å²) in [4.78, 5) is 13.6. The first-order valence-electron chi connectivity index (χ1n) is 8.95. The predicted octanol–water partition coefficient (Wildman–Crippen LogP) is 3.47. The van der Waals surface area contributed by atoms with Crippen LogP contribution < -0.4 is 14.8 Å². The van der Waals surface area contributed by atoms with Crippen LogP contribution in [-0.2, 0) is 10.0 Å². The highest BCUT2D eigenvalue weighted by Crippen LogP contribution is 2.28. The molecule has 0 spiro atoms. The number of sulfonamides is 1. The molecule has 0 radical (unpaired) electrons. The molecule has 1 heterocycles. The van der Waals surface area contributed by atoms with E-state index in [-0.39, 0.29) is 34.2 Å². The van der Waals surface area contributed by atoms with E-state index in [0.717, 1.165) is 30.6 Å². The van der Waals surface area contributed by atoms with Crippen LogP contribution in [0, 0.1) is 0 Å². The molecule has 146 valence electrons. The van der Waals surface area contributed by atoms with Gasteiger partial charge in [-0.15, -0.1) is 11.3 Å². The number of rotatable bonds is 7. The van der Waals surface area contributed by atoms with Crippen LogP contribution in [-0.4, -0.2) is 27.5 Å². The van der Waals surface area contributed by atoms with E-state index in [4.69, 9.17) is 4.74 Å². The number of methoxy groups -OCH3 is 1. The Morgan fingerprint density at radius 2 is 2.00 bits per heavy atom. The van der Waals surface area contributed by atoms with Crippen molar-refractivity contribution >= 4 is 27.3 Å². The number of ether oxygens (including phenoxy) is 1. The molecule has 0 aliphatic heterocycles. The van der Waals surface area contributed by atoms with Crippen LogP contribution in [0.15, 0.2) is 40.6 Å². The smallest absolute Gasteiger partial charge is 0.251 e. The van der Waals surface area contributed by atoms with Crippen LogP contribution in [0.25, 0.3) is 0 Å². The van der Waals surface area contributed by atoms with Crippen molar-refractivity contribution in [2.45, 2.75) is 49.6 Å². The number of hydrogen-bond acceptors (Lipinski definition) is 5. The van der Waals surface area contributed by atoms with Gasteiger partial charge >= 0.3 is 0 Å². The van der Waals surface area contributed by atoms with Crippen LogP contribution in [0.1, 0.15) is 53.9 Å². The predicted molar refractivity (Wildman–Crippen MR) is 106 cm³/mol. The third kappa shape index (κ3) is 4.69. The molecule has 1 aliphatic rings. The summed E-state index contributed by atoms with van der Waals surface area (Å²) >= 11 is 1.56. The zero-order valence-corrected chi connectivity index (χ0v) is 17.0. The van der Waals surface area contributed by atoms with Gasteiger partial charge in [-0.1, -0.05) is 18.9 Å². The first kappa shape index (κ1) is 19.9. The molecule has 2 aromatic rings. The lowest BCUT2D eigenvalue weighted by Gasteiger charge is -2.16. The van der Waals surface area contributed by atoms with Crippen molar-refractivity contribution in [1.29, 1.82) is 0 Å². The minimum atomic E-state index is -3.77. The van der Waals surface area contributed by atoms with Crippen LogP contribution in [0.3, 0.4) is 0 Å². The minimum absolute atomic E-state index is 0.00618. The summed E-state index contributed by atoms with van der Waals surface area (Å²) in [5, 5.41) is 4.85. The van der Waals surface area contributed by atoms with Gasteiger partial charge in [-0.25, -0.2) is 13.1 Å². The van der Waals surface area contributed by atoms with Crippen LogP contribution in [0.5, 0.6) is 5.75 Å². The molecular weight excluding hydrogens is 384 g/mol. The van der Waals surface area contributed by atoms with E-state index in [1.165, 1.54) is 19.2 Å². The molecule has 1 fully saturated rings. The summed E-state index contributed by atoms with van der Waals surface area (Å²) in [7, 11) is -2.35. The molecule has 1 aromatic carbocycles. The molecule has 27 heavy (non-hydrogen) atoms. The summed E-state index contributed by atoms with van der Waals surface area (Å²) in [5.74, 6) is -0.0979. The summed E-state index contributed by atoms with van der Waals surface area (Å²) in [6.07, 6.45) is 3.71. The highest BCUT2D eigenvalue weighted by molar-refractivity contribution is 7.89. The van der Waals surface area contributed by atoms with Crippen molar-refractivity contribution in [1.82, 2.24) is 10.0 Å². The van der Waals surface area contributed by atoms with Gasteiger partial charge in [0, 0.05) is 16.5 Å². The molecule has 1 saturated carbocycles. The molecule has 1 aliphatic carbocycles. The summed E-state index contributed by atoms with van der Waals surface area (Å²) in [6, 6.07) is 8.14. The fourth-order valence-corrected chi connectivity index (χ4v) is 5.48. The van der Waals surface area contributed by atoms with Gasteiger partial charge < -0.3 is 10.1 Å². The van der Waals surface area contributed by atoms with Crippen molar-refractivity contribution in [3.8, 4) is 5.75 Å². The lowest BCUT2D eigenvalue weighted by molar-refractivity contribution is 0.0940. The molecule has 8 heteroatoms. The zero-order valence-electron chi connectivity index (χ0n) is 15.4. The highest BCUT2D eigenvalue weighted by atomic mass is 32.2. The first-order chi connectivity index (χ1) is 12.9. The van der Waals surface area contributed by atoms with Crippen molar-refractivity contribution in [2.24, 2.45) is 0 Å². The Morgan fingerprint density at radius 3 is 2.63 bits per heavy atom. The summed E-state index contributed by atoms with van der Waals surface area (Å²) < 4.78 is 33.6. The number of carbonyl (C=O) groups excluding carboxylic acids is 1. The van der Waals surface area contributed by atoms with Gasteiger partial charge in [-0.2, -0.15) is 0 Å². The maximum atomic E-state index is 12.8. The van der Waals surface area contributed by atoms with Crippen LogP contribution in [0.4, 0.5) is 0 Å². The second-order valence-electron chi connectivity index (χ2n) is 6.68. The van der Waals surface area contributed by atoms with Gasteiger partial charge in [0.05, 0.1) is 13.2 Å². The average Bonchev–Trinajstić information content (AvgIpc) is 3.34. The zero-order chi connectivity index (χ0) is 19.4. The quantitative estimate of drug-likeness (QED) is 0.735. The van der Waals surface area contributed by atoms with E-state index in [9.17, 15) is 13.2 Å². The minimum Gasteiger partial charge on any atom is -0.495 e. The van der Waals surface area contributed by atoms with Crippen LogP contribution in [0.2, 0.25) is 0 Å². The fraction of sp³-hybridized carbons (Fsp3) is 0.421. The lowest BCUT2D eigenvalue weighted by Crippen LogP contribution is -2.33. The van der Waals surface area contributed by atoms with Crippen LogP contribution >= 0.6 is 11.3 Å². The largest absolute Gasteiger partial charge is 0.495 e. The van der Waals surface area contributed by atoms with E-state index in [1.54, 1.807) is 17.4 Å². The monoisotopic (exact) mass is 408 g/mol. The van der Waals surface area contributed by atoms with Gasteiger partial charge in [0.25, 0.3) is 5.91 Å². The van der Waals surface area contributed by atoms with E-state index < -0.39 is 10.0 Å². The highest BCUT2D eigenvalue weighted by Gasteiger charge is 2.27. The van der Waals surface area contributed by atoms with Crippen molar-refractivity contribution < 1.29 is 17.9 Å². The molecule has 1 unspecified atom stereocenters. The van der Waals surface area contributed by atoms with E-state index >= 15 is 0 Å². The molecule has 6 nitrogen and oxygen atoms in total. The SMILES string of the molecule is COc1ccc(C(=O)NC(C)c2cccs2)cc1S(=O)(=O)NC1CCCC1. The van der Waals surface area contributed by atoms with E-state index in [0.29, 0.717) is 0 Å². The average molecular weight is 409 g/mol. The number of nitrogens with one attached hydrogen (secondary N) is 2. The second-order valence-corrected chi connectivity index (χ2v) is 9.34. The van der Waals surface area contributed by atoms with E-state index in [1.807, 2.05) is 24.4 Å². The number of amides is 1. The van der Waals surface area contributed by atoms with Gasteiger partial charge in [0.1, 0.15) is 10.6 Å². The van der Waals surface area contributed by atoms with Crippen molar-refractivity contribution in [2.75, 3.05) is 7.11 Å². The topological polar surface area (TPSA) is 84.5 Å². The first-order valence-corrected chi connectivity index (χ1v) is 11.3. The molecule has 1 amide bonds. The van der Waals surface area contributed by atoms with Gasteiger partial charge in [-0.3, -0.25) is 4.79 Å². The Morgan fingerprint density at radius 1 is 1.26 bits per heavy atom. The third-order valence-corrected chi connectivity index (χ3v) is 7.31. The molecule has 3 rings (SSSR count). The van der Waals surface area contributed by atoms with Crippen molar-refractivity contribution in [3.63, 3.8) is 0 Å². The summed E-state index contributed by atoms with van der Waals surface area (Å²) in [5.41, 5.74) is 0.283. The Hall–Kier alpha value is -1.90. The molecule has 0 saturated heterocycles. The Labute approximate surface area is 164 Å². The Bertz CT molecular complexity index is 888. The number of hydrogen-bond donors (Lipinski definition) is 2. The number of benzene rings is 1. The lowest BCUT2D eigenvalue weighted by atomic mass is 10.2. The number of thiophene rings is 1. The second kappa shape index (κ2) is 8.41. The third-order valence-electron chi connectivity index (χ3n) is 4.71. The molecule has 1 atom stereocenters. The molecule has 2 N–H and O–H groups in total. The fourth-order valence-electron chi connectivity index (χ4n) is 3.24. The summed E-state index contributed by atoms with van der Waals surface area (Å²) in [6.45, 7) is 1.90. The maximum Gasteiger partial charge on any atom is 0.251 e. The van der Waals surface area contributed by atoms with Gasteiger partial charge in [0.15, 0.2) is 0 Å². The van der Waals surface area contributed by atoms with Crippen molar-refractivity contribution in [3.05, 3.63) is 46.2 Å². The Kier molecular flexibility index (Phi) is 6.18. The molecule has 0 bridgehead atoms.